The van der Waals surface area contributed by atoms with E-state index in [4.69, 9.17) is 0 Å². The molecule has 0 spiro atoms. The highest BCUT2D eigenvalue weighted by molar-refractivity contribution is 5.80. The highest BCUT2D eigenvalue weighted by atomic mass is 16.1. The maximum atomic E-state index is 11.2. The number of rotatable bonds is 3. The Hall–Kier alpha value is -1.85. The molecule has 0 aliphatic rings. The maximum Gasteiger partial charge on any atom is 0.197 e. The van der Waals surface area contributed by atoms with Crippen LogP contribution in [0.4, 0.5) is 0 Å². The summed E-state index contributed by atoms with van der Waals surface area (Å²) in [4.78, 5) is 15.2. The standard InChI is InChI=1S/C8H9N5O/c1-2-7(14)3-6-4-9-5-8-10-11-12-13(6)8/h4-5H,2-3H2,1H3. The van der Waals surface area contributed by atoms with Gasteiger partial charge in [-0.25, -0.2) is 0 Å². The number of carbonyl (C=O) groups excluding carboxylic acids is 1. The topological polar surface area (TPSA) is 73.0 Å². The fourth-order valence-corrected chi connectivity index (χ4v) is 1.17. The summed E-state index contributed by atoms with van der Waals surface area (Å²) in [7, 11) is 0. The van der Waals surface area contributed by atoms with Crippen molar-refractivity contribution in [1.29, 1.82) is 0 Å². The first-order valence-corrected chi connectivity index (χ1v) is 4.34. The quantitative estimate of drug-likeness (QED) is 0.684. The summed E-state index contributed by atoms with van der Waals surface area (Å²) in [5, 5.41) is 11.0. The molecule has 72 valence electrons. The van der Waals surface area contributed by atoms with E-state index in [1.165, 1.54) is 4.52 Å². The number of aromatic nitrogens is 5. The molecule has 6 heteroatoms. The minimum absolute atomic E-state index is 0.148. The first kappa shape index (κ1) is 8.74. The third-order valence-corrected chi connectivity index (χ3v) is 1.95. The third kappa shape index (κ3) is 1.46. The first-order valence-electron chi connectivity index (χ1n) is 4.34. The SMILES string of the molecule is CCC(=O)Cc1cncc2nnnn12. The van der Waals surface area contributed by atoms with Gasteiger partial charge in [0.2, 0.25) is 0 Å². The van der Waals surface area contributed by atoms with Crippen molar-refractivity contribution in [2.75, 3.05) is 0 Å². The monoisotopic (exact) mass is 191 g/mol. The van der Waals surface area contributed by atoms with Crippen LogP contribution in [-0.2, 0) is 11.2 Å². The molecule has 14 heavy (non-hydrogen) atoms. The molecule has 2 rings (SSSR count). The van der Waals surface area contributed by atoms with Crippen molar-refractivity contribution in [3.63, 3.8) is 0 Å². The van der Waals surface area contributed by atoms with Crippen molar-refractivity contribution in [3.8, 4) is 0 Å². The third-order valence-electron chi connectivity index (χ3n) is 1.95. The molecule has 0 bridgehead atoms. The zero-order valence-electron chi connectivity index (χ0n) is 7.71. The fourth-order valence-electron chi connectivity index (χ4n) is 1.17. The van der Waals surface area contributed by atoms with E-state index in [1.807, 2.05) is 6.92 Å². The Balaban J connectivity index is 2.41. The van der Waals surface area contributed by atoms with Gasteiger partial charge in [-0.3, -0.25) is 9.78 Å². The Morgan fingerprint density at radius 2 is 2.36 bits per heavy atom. The molecule has 0 aliphatic carbocycles. The Morgan fingerprint density at radius 3 is 3.14 bits per heavy atom. The number of Topliss-reactive ketones (excluding diaryl/α,β-unsaturated/α-hetero) is 1. The van der Waals surface area contributed by atoms with Crippen LogP contribution in [-0.4, -0.2) is 30.8 Å². The lowest BCUT2D eigenvalue weighted by molar-refractivity contribution is -0.118. The summed E-state index contributed by atoms with van der Waals surface area (Å²) in [6.45, 7) is 1.83. The van der Waals surface area contributed by atoms with Crippen LogP contribution >= 0.6 is 0 Å². The van der Waals surface area contributed by atoms with E-state index < -0.39 is 0 Å². The molecule has 0 amide bonds. The number of tetrazole rings is 1. The van der Waals surface area contributed by atoms with E-state index >= 15 is 0 Å². The van der Waals surface area contributed by atoms with Gasteiger partial charge in [0.15, 0.2) is 5.65 Å². The molecule has 2 heterocycles. The lowest BCUT2D eigenvalue weighted by Gasteiger charge is -1.99. The van der Waals surface area contributed by atoms with Crippen LogP contribution in [0.1, 0.15) is 19.0 Å². The van der Waals surface area contributed by atoms with Gasteiger partial charge >= 0.3 is 0 Å². The summed E-state index contributed by atoms with van der Waals surface area (Å²) >= 11 is 0. The lowest BCUT2D eigenvalue weighted by atomic mass is 10.2. The molecular formula is C8H9N5O. The summed E-state index contributed by atoms with van der Waals surface area (Å²) in [6.07, 6.45) is 4.00. The van der Waals surface area contributed by atoms with Gasteiger partial charge in [0.1, 0.15) is 5.78 Å². The van der Waals surface area contributed by atoms with Crippen molar-refractivity contribution in [3.05, 3.63) is 18.1 Å². The molecule has 0 saturated heterocycles. The lowest BCUT2D eigenvalue weighted by Crippen LogP contribution is -2.07. The molecule has 0 aliphatic heterocycles. The van der Waals surface area contributed by atoms with Crippen molar-refractivity contribution >= 4 is 11.4 Å². The van der Waals surface area contributed by atoms with Gasteiger partial charge in [0, 0.05) is 12.6 Å². The predicted molar refractivity (Wildman–Crippen MR) is 47.6 cm³/mol. The Morgan fingerprint density at radius 1 is 1.50 bits per heavy atom. The number of fused-ring (bicyclic) bond motifs is 1. The second-order valence-corrected chi connectivity index (χ2v) is 2.92. The van der Waals surface area contributed by atoms with Gasteiger partial charge < -0.3 is 0 Å². The molecule has 0 fully saturated rings. The average molecular weight is 191 g/mol. The van der Waals surface area contributed by atoms with Gasteiger partial charge in [-0.05, 0) is 10.4 Å². The molecule has 0 radical (unpaired) electrons. The molecule has 0 aromatic carbocycles. The molecule has 0 saturated carbocycles. The van der Waals surface area contributed by atoms with Crippen LogP contribution in [0.3, 0.4) is 0 Å². The molecule has 0 unspecified atom stereocenters. The molecule has 2 aromatic heterocycles. The molecule has 0 N–H and O–H groups in total. The highest BCUT2D eigenvalue weighted by Gasteiger charge is 2.07. The number of ketones is 1. The number of nitrogens with zero attached hydrogens (tertiary/aromatic N) is 5. The molecule has 0 atom stereocenters. The van der Waals surface area contributed by atoms with Crippen LogP contribution in [0.2, 0.25) is 0 Å². The number of hydrogen-bond donors (Lipinski definition) is 0. The average Bonchev–Trinajstić information content (AvgIpc) is 2.66. The Bertz CT molecular complexity index is 463. The smallest absolute Gasteiger partial charge is 0.197 e. The van der Waals surface area contributed by atoms with E-state index in [0.29, 0.717) is 18.5 Å². The van der Waals surface area contributed by atoms with Crippen LogP contribution in [0.15, 0.2) is 12.4 Å². The van der Waals surface area contributed by atoms with E-state index in [-0.39, 0.29) is 5.78 Å². The van der Waals surface area contributed by atoms with Gasteiger partial charge in [0.25, 0.3) is 0 Å². The van der Waals surface area contributed by atoms with E-state index in [2.05, 4.69) is 20.5 Å². The normalized spacial score (nSPS) is 10.6. The van der Waals surface area contributed by atoms with Crippen LogP contribution < -0.4 is 0 Å². The van der Waals surface area contributed by atoms with Crippen molar-refractivity contribution < 1.29 is 4.79 Å². The van der Waals surface area contributed by atoms with Gasteiger partial charge in [-0.2, -0.15) is 4.52 Å². The van der Waals surface area contributed by atoms with Crippen molar-refractivity contribution in [2.45, 2.75) is 19.8 Å². The first-order chi connectivity index (χ1) is 6.81. The van der Waals surface area contributed by atoms with Crippen molar-refractivity contribution in [2.24, 2.45) is 0 Å². The molecule has 6 nitrogen and oxygen atoms in total. The van der Waals surface area contributed by atoms with Crippen molar-refractivity contribution in [1.82, 2.24) is 25.0 Å². The Kier molecular flexibility index (Phi) is 2.18. The van der Waals surface area contributed by atoms with Crippen LogP contribution in [0, 0.1) is 0 Å². The minimum Gasteiger partial charge on any atom is -0.299 e. The van der Waals surface area contributed by atoms with Gasteiger partial charge in [0.05, 0.1) is 18.3 Å². The zero-order chi connectivity index (χ0) is 9.97. The fraction of sp³-hybridized carbons (Fsp3) is 0.375. The van der Waals surface area contributed by atoms with E-state index in [0.717, 1.165) is 5.69 Å². The molecular weight excluding hydrogens is 182 g/mol. The second-order valence-electron chi connectivity index (χ2n) is 2.92. The minimum atomic E-state index is 0.148. The number of hydrogen-bond acceptors (Lipinski definition) is 5. The summed E-state index contributed by atoms with van der Waals surface area (Å²) in [5.74, 6) is 0.148. The van der Waals surface area contributed by atoms with Gasteiger partial charge in [-0.1, -0.05) is 6.92 Å². The second kappa shape index (κ2) is 3.49. The maximum absolute atomic E-state index is 11.2. The van der Waals surface area contributed by atoms with Crippen LogP contribution in [0.5, 0.6) is 0 Å². The Labute approximate surface area is 80.0 Å². The summed E-state index contributed by atoms with van der Waals surface area (Å²) < 4.78 is 1.53. The largest absolute Gasteiger partial charge is 0.299 e. The number of carbonyl (C=O) groups is 1. The predicted octanol–water partition coefficient (Wildman–Crippen LogP) is 0.0409. The van der Waals surface area contributed by atoms with Gasteiger partial charge in [-0.15, -0.1) is 5.10 Å². The van der Waals surface area contributed by atoms with E-state index in [1.54, 1.807) is 12.4 Å². The summed E-state index contributed by atoms with van der Waals surface area (Å²) in [5.41, 5.74) is 1.28. The zero-order valence-corrected chi connectivity index (χ0v) is 7.71. The molecule has 2 aromatic rings. The summed E-state index contributed by atoms with van der Waals surface area (Å²) in [6, 6.07) is 0. The van der Waals surface area contributed by atoms with E-state index in [9.17, 15) is 4.79 Å². The highest BCUT2D eigenvalue weighted by Crippen LogP contribution is 2.02. The van der Waals surface area contributed by atoms with Crippen LogP contribution in [0.25, 0.3) is 5.65 Å².